The zero-order valence-electron chi connectivity index (χ0n) is 11.3. The lowest BCUT2D eigenvalue weighted by atomic mass is 10.2. The van der Waals surface area contributed by atoms with Crippen LogP contribution < -0.4 is 5.32 Å². The summed E-state index contributed by atoms with van der Waals surface area (Å²) in [4.78, 5) is 32.7. The number of rotatable bonds is 7. The highest BCUT2D eigenvalue weighted by atomic mass is 16.6. The van der Waals surface area contributed by atoms with E-state index in [0.29, 0.717) is 6.54 Å². The van der Waals surface area contributed by atoms with Gasteiger partial charge in [0.1, 0.15) is 5.69 Å². The van der Waals surface area contributed by atoms with Crippen molar-refractivity contribution in [2.45, 2.75) is 39.3 Å². The van der Waals surface area contributed by atoms with Gasteiger partial charge in [0.05, 0.1) is 17.5 Å². The fourth-order valence-corrected chi connectivity index (χ4v) is 1.82. The Bertz CT molecular complexity index is 523. The number of amides is 1. The highest BCUT2D eigenvalue weighted by Crippen LogP contribution is 2.17. The van der Waals surface area contributed by atoms with E-state index in [4.69, 9.17) is 5.11 Å². The predicted molar refractivity (Wildman–Crippen MR) is 70.6 cm³/mol. The van der Waals surface area contributed by atoms with Gasteiger partial charge in [-0.25, -0.2) is 0 Å². The summed E-state index contributed by atoms with van der Waals surface area (Å²) in [7, 11) is 0. The third-order valence-corrected chi connectivity index (χ3v) is 2.65. The molecule has 0 aliphatic rings. The molecule has 0 aromatic carbocycles. The molecule has 1 aromatic heterocycles. The van der Waals surface area contributed by atoms with Crippen molar-refractivity contribution in [3.63, 3.8) is 0 Å². The fraction of sp³-hybridized carbons (Fsp3) is 0.500. The van der Waals surface area contributed by atoms with E-state index in [1.54, 1.807) is 6.92 Å². The second-order valence-corrected chi connectivity index (χ2v) is 4.51. The van der Waals surface area contributed by atoms with Gasteiger partial charge in [-0.2, -0.15) is 0 Å². The Morgan fingerprint density at radius 3 is 2.70 bits per heavy atom. The van der Waals surface area contributed by atoms with Gasteiger partial charge in [0.25, 0.3) is 11.6 Å². The average Bonchev–Trinajstić information content (AvgIpc) is 2.72. The molecular weight excluding hydrogens is 266 g/mol. The monoisotopic (exact) mass is 283 g/mol. The smallest absolute Gasteiger partial charge is 0.305 e. The number of aliphatic carboxylic acids is 1. The molecule has 8 nitrogen and oxygen atoms in total. The van der Waals surface area contributed by atoms with Crippen LogP contribution in [0.25, 0.3) is 0 Å². The van der Waals surface area contributed by atoms with Gasteiger partial charge in [-0.05, 0) is 13.3 Å². The van der Waals surface area contributed by atoms with E-state index < -0.39 is 22.8 Å². The second-order valence-electron chi connectivity index (χ2n) is 4.51. The molecule has 0 bridgehead atoms. The lowest BCUT2D eigenvalue weighted by Crippen LogP contribution is -2.35. The van der Waals surface area contributed by atoms with E-state index in [1.165, 1.54) is 16.8 Å². The topological polar surface area (TPSA) is 114 Å². The SMILES string of the molecule is CCCn1cc([N+](=O)[O-])cc1C(=O)NC(C)CC(=O)O. The average molecular weight is 283 g/mol. The summed E-state index contributed by atoms with van der Waals surface area (Å²) in [6.07, 6.45) is 1.82. The van der Waals surface area contributed by atoms with Gasteiger partial charge in [0.2, 0.25) is 0 Å². The summed E-state index contributed by atoms with van der Waals surface area (Å²) in [5, 5.41) is 21.9. The van der Waals surface area contributed by atoms with E-state index in [0.717, 1.165) is 6.42 Å². The van der Waals surface area contributed by atoms with Crippen molar-refractivity contribution in [1.82, 2.24) is 9.88 Å². The Kier molecular flexibility index (Phi) is 5.24. The normalized spacial score (nSPS) is 11.9. The van der Waals surface area contributed by atoms with Crippen LogP contribution in [0.3, 0.4) is 0 Å². The number of nitrogens with zero attached hydrogens (tertiary/aromatic N) is 2. The zero-order chi connectivity index (χ0) is 15.3. The minimum atomic E-state index is -1.02. The van der Waals surface area contributed by atoms with Crippen LogP contribution in [0.1, 0.15) is 37.2 Å². The molecule has 0 aliphatic carbocycles. The molecule has 0 aliphatic heterocycles. The summed E-state index contributed by atoms with van der Waals surface area (Å²) >= 11 is 0. The fourth-order valence-electron chi connectivity index (χ4n) is 1.82. The molecule has 0 saturated carbocycles. The number of carbonyl (C=O) groups excluding carboxylic acids is 1. The molecule has 0 radical (unpaired) electrons. The molecule has 8 heteroatoms. The van der Waals surface area contributed by atoms with Gasteiger partial charge in [0.15, 0.2) is 0 Å². The first-order valence-corrected chi connectivity index (χ1v) is 6.22. The quantitative estimate of drug-likeness (QED) is 0.579. The van der Waals surface area contributed by atoms with Crippen LogP contribution in [0.4, 0.5) is 5.69 Å². The minimum absolute atomic E-state index is 0.158. The van der Waals surface area contributed by atoms with Gasteiger partial charge in [-0.15, -0.1) is 0 Å². The summed E-state index contributed by atoms with van der Waals surface area (Å²) in [5.74, 6) is -1.53. The van der Waals surface area contributed by atoms with Gasteiger partial charge >= 0.3 is 5.97 Å². The molecule has 0 saturated heterocycles. The van der Waals surface area contributed by atoms with Gasteiger partial charge in [0, 0.05) is 18.7 Å². The first kappa shape index (κ1) is 15.7. The highest BCUT2D eigenvalue weighted by Gasteiger charge is 2.20. The Morgan fingerprint density at radius 2 is 2.20 bits per heavy atom. The third-order valence-electron chi connectivity index (χ3n) is 2.65. The van der Waals surface area contributed by atoms with Crippen molar-refractivity contribution >= 4 is 17.6 Å². The van der Waals surface area contributed by atoms with Crippen molar-refractivity contribution in [3.8, 4) is 0 Å². The van der Waals surface area contributed by atoms with Crippen molar-refractivity contribution < 1.29 is 19.6 Å². The molecule has 1 rings (SSSR count). The Morgan fingerprint density at radius 1 is 1.55 bits per heavy atom. The lowest BCUT2D eigenvalue weighted by Gasteiger charge is -2.12. The first-order chi connectivity index (χ1) is 9.35. The van der Waals surface area contributed by atoms with Crippen LogP contribution >= 0.6 is 0 Å². The zero-order valence-corrected chi connectivity index (χ0v) is 11.3. The number of carboxylic acid groups (broad SMARTS) is 1. The molecule has 2 N–H and O–H groups in total. The molecule has 0 spiro atoms. The molecule has 1 atom stereocenters. The number of aromatic nitrogens is 1. The van der Waals surface area contributed by atoms with Crippen LogP contribution in [-0.4, -0.2) is 32.5 Å². The summed E-state index contributed by atoms with van der Waals surface area (Å²) in [5.41, 5.74) is 0.00489. The molecular formula is C12H17N3O5. The van der Waals surface area contributed by atoms with E-state index >= 15 is 0 Å². The highest BCUT2D eigenvalue weighted by molar-refractivity contribution is 5.94. The number of carboxylic acids is 1. The summed E-state index contributed by atoms with van der Waals surface area (Å²) < 4.78 is 1.50. The van der Waals surface area contributed by atoms with Crippen LogP contribution in [0.2, 0.25) is 0 Å². The molecule has 1 unspecified atom stereocenters. The van der Waals surface area contributed by atoms with Crippen molar-refractivity contribution in [2.75, 3.05) is 0 Å². The molecule has 1 aromatic rings. The van der Waals surface area contributed by atoms with Crippen LogP contribution in [0.15, 0.2) is 12.3 Å². The van der Waals surface area contributed by atoms with E-state index in [2.05, 4.69) is 5.32 Å². The molecule has 1 amide bonds. The minimum Gasteiger partial charge on any atom is -0.481 e. The predicted octanol–water partition coefficient (Wildman–Crippen LogP) is 1.40. The number of nitrogens with one attached hydrogen (secondary N) is 1. The number of carbonyl (C=O) groups is 2. The van der Waals surface area contributed by atoms with E-state index in [9.17, 15) is 19.7 Å². The standard InChI is InChI=1S/C12H17N3O5/c1-3-4-14-7-9(15(19)20)6-10(14)12(18)13-8(2)5-11(16)17/h6-8H,3-5H2,1-2H3,(H,13,18)(H,16,17). The maximum Gasteiger partial charge on any atom is 0.305 e. The number of hydrogen-bond acceptors (Lipinski definition) is 4. The summed E-state index contributed by atoms with van der Waals surface area (Å²) in [6.45, 7) is 3.93. The Labute approximate surface area is 115 Å². The van der Waals surface area contributed by atoms with Gasteiger partial charge < -0.3 is 15.0 Å². The van der Waals surface area contributed by atoms with E-state index in [-0.39, 0.29) is 17.8 Å². The largest absolute Gasteiger partial charge is 0.481 e. The molecule has 20 heavy (non-hydrogen) atoms. The van der Waals surface area contributed by atoms with Crippen LogP contribution in [0, 0.1) is 10.1 Å². The molecule has 110 valence electrons. The van der Waals surface area contributed by atoms with Crippen molar-refractivity contribution in [1.29, 1.82) is 0 Å². The third kappa shape index (κ3) is 4.08. The molecule has 0 fully saturated rings. The Hall–Kier alpha value is -2.38. The second kappa shape index (κ2) is 6.69. The van der Waals surface area contributed by atoms with Crippen LogP contribution in [0.5, 0.6) is 0 Å². The first-order valence-electron chi connectivity index (χ1n) is 6.22. The van der Waals surface area contributed by atoms with Crippen molar-refractivity contribution in [2.24, 2.45) is 0 Å². The van der Waals surface area contributed by atoms with Crippen LogP contribution in [-0.2, 0) is 11.3 Å². The number of hydrogen-bond donors (Lipinski definition) is 2. The maximum absolute atomic E-state index is 12.0. The maximum atomic E-state index is 12.0. The van der Waals surface area contributed by atoms with Crippen molar-refractivity contribution in [3.05, 3.63) is 28.1 Å². The number of nitro groups is 1. The van der Waals surface area contributed by atoms with Gasteiger partial charge in [-0.3, -0.25) is 19.7 Å². The lowest BCUT2D eigenvalue weighted by molar-refractivity contribution is -0.384. The summed E-state index contributed by atoms with van der Waals surface area (Å²) in [6, 6.07) is 0.641. The Balaban J connectivity index is 2.90. The van der Waals surface area contributed by atoms with E-state index in [1.807, 2.05) is 6.92 Å². The molecule has 1 heterocycles. The number of aryl methyl sites for hydroxylation is 1. The van der Waals surface area contributed by atoms with Gasteiger partial charge in [-0.1, -0.05) is 6.92 Å².